The number of amides is 1. The van der Waals surface area contributed by atoms with E-state index < -0.39 is 0 Å². The number of thiophene rings is 1. The molecule has 0 fully saturated rings. The number of thioether (sulfide) groups is 1. The fourth-order valence-corrected chi connectivity index (χ4v) is 6.46. The highest BCUT2D eigenvalue weighted by Gasteiger charge is 2.17. The minimum atomic E-state index is -0.0284. The van der Waals surface area contributed by atoms with Gasteiger partial charge in [0.2, 0.25) is 5.91 Å². The van der Waals surface area contributed by atoms with Crippen LogP contribution in [-0.4, -0.2) is 27.8 Å². The molecule has 0 spiro atoms. The zero-order valence-corrected chi connectivity index (χ0v) is 21.3. The van der Waals surface area contributed by atoms with E-state index in [1.165, 1.54) is 47.1 Å². The van der Waals surface area contributed by atoms with E-state index in [0.29, 0.717) is 22.9 Å². The molecule has 1 amide bonds. The first kappa shape index (κ1) is 23.8. The fraction of sp³-hybridized carbons (Fsp3) is 0.321. The molecule has 0 bridgehead atoms. The molecule has 0 unspecified atom stereocenters. The van der Waals surface area contributed by atoms with Gasteiger partial charge in [-0.25, -0.2) is 4.98 Å². The quantitative estimate of drug-likeness (QED) is 0.174. The number of hydrogen-bond acceptors (Lipinski definition) is 5. The number of nitrogens with one attached hydrogen (secondary N) is 1. The third-order valence-electron chi connectivity index (χ3n) is 6.40. The van der Waals surface area contributed by atoms with E-state index >= 15 is 0 Å². The monoisotopic (exact) mass is 503 g/mol. The summed E-state index contributed by atoms with van der Waals surface area (Å²) in [5, 5.41) is 4.64. The maximum absolute atomic E-state index is 13.5. The highest BCUT2D eigenvalue weighted by Crippen LogP contribution is 2.31. The van der Waals surface area contributed by atoms with Gasteiger partial charge in [0.1, 0.15) is 4.70 Å². The Bertz CT molecular complexity index is 1420. The first-order chi connectivity index (χ1) is 17.2. The van der Waals surface area contributed by atoms with Crippen LogP contribution in [0.1, 0.15) is 37.7 Å². The summed E-state index contributed by atoms with van der Waals surface area (Å²) in [6.07, 6.45) is 8.80. The van der Waals surface area contributed by atoms with Crippen molar-refractivity contribution in [2.75, 3.05) is 12.3 Å². The van der Waals surface area contributed by atoms with E-state index in [-0.39, 0.29) is 17.2 Å². The lowest BCUT2D eigenvalue weighted by molar-refractivity contribution is -0.118. The molecular weight excluding hydrogens is 474 g/mol. The van der Waals surface area contributed by atoms with Crippen molar-refractivity contribution in [3.05, 3.63) is 82.2 Å². The van der Waals surface area contributed by atoms with Gasteiger partial charge in [0.15, 0.2) is 5.16 Å². The van der Waals surface area contributed by atoms with Crippen molar-refractivity contribution in [2.24, 2.45) is 0 Å². The van der Waals surface area contributed by atoms with Gasteiger partial charge in [-0.15, -0.1) is 11.3 Å². The number of carbonyl (C=O) groups excluding carboxylic acids is 1. The van der Waals surface area contributed by atoms with Crippen molar-refractivity contribution in [2.45, 2.75) is 50.2 Å². The number of nitrogens with zero attached hydrogens (tertiary/aromatic N) is 2. The normalized spacial score (nSPS) is 13.8. The molecule has 0 atom stereocenters. The van der Waals surface area contributed by atoms with E-state index in [9.17, 15) is 9.59 Å². The molecule has 35 heavy (non-hydrogen) atoms. The zero-order valence-electron chi connectivity index (χ0n) is 19.7. The molecule has 180 valence electrons. The van der Waals surface area contributed by atoms with Crippen LogP contribution < -0.4 is 10.9 Å². The van der Waals surface area contributed by atoms with Crippen LogP contribution in [0.3, 0.4) is 0 Å². The minimum Gasteiger partial charge on any atom is -0.355 e. The topological polar surface area (TPSA) is 64.0 Å². The van der Waals surface area contributed by atoms with Crippen LogP contribution in [0, 0.1) is 0 Å². The number of fused-ring (bicyclic) bond motifs is 3. The third-order valence-corrected chi connectivity index (χ3v) is 8.52. The van der Waals surface area contributed by atoms with Gasteiger partial charge in [-0.05, 0) is 50.2 Å². The van der Waals surface area contributed by atoms with Crippen LogP contribution in [0.2, 0.25) is 0 Å². The number of benzene rings is 2. The van der Waals surface area contributed by atoms with E-state index in [2.05, 4.69) is 23.5 Å². The van der Waals surface area contributed by atoms with Crippen LogP contribution >= 0.6 is 23.1 Å². The van der Waals surface area contributed by atoms with E-state index in [1.807, 2.05) is 42.5 Å². The molecule has 0 aliphatic heterocycles. The Morgan fingerprint density at radius 2 is 1.89 bits per heavy atom. The molecule has 7 heteroatoms. The second kappa shape index (κ2) is 11.2. The Labute approximate surface area is 213 Å². The van der Waals surface area contributed by atoms with Crippen LogP contribution in [0.4, 0.5) is 0 Å². The first-order valence-corrected chi connectivity index (χ1v) is 14.0. The Kier molecular flexibility index (Phi) is 7.64. The van der Waals surface area contributed by atoms with Crippen molar-refractivity contribution in [1.82, 2.24) is 14.9 Å². The second-order valence-corrected chi connectivity index (χ2v) is 10.9. The van der Waals surface area contributed by atoms with Crippen molar-refractivity contribution in [3.8, 4) is 0 Å². The molecule has 0 saturated heterocycles. The summed E-state index contributed by atoms with van der Waals surface area (Å²) in [5.41, 5.74) is 3.33. The summed E-state index contributed by atoms with van der Waals surface area (Å²) in [4.78, 5) is 31.0. The predicted octanol–water partition coefficient (Wildman–Crippen LogP) is 5.95. The molecule has 5 rings (SSSR count). The summed E-state index contributed by atoms with van der Waals surface area (Å²) in [6.45, 7) is 1.19. The maximum atomic E-state index is 13.5. The first-order valence-electron chi connectivity index (χ1n) is 12.2. The third kappa shape index (κ3) is 5.68. The molecule has 4 aromatic rings. The second-order valence-electron chi connectivity index (χ2n) is 8.86. The Morgan fingerprint density at radius 3 is 2.71 bits per heavy atom. The van der Waals surface area contributed by atoms with E-state index in [4.69, 9.17) is 4.98 Å². The van der Waals surface area contributed by atoms with Crippen LogP contribution in [0.5, 0.6) is 0 Å². The number of allylic oxidation sites excluding steroid dienone is 1. The standard InChI is InChI=1S/C28H29N3O2S2/c32-24(29-17-15-20-9-3-1-4-10-20)19-34-28-30-25-22-13-7-8-14-23(22)35-26(25)27(33)31(28)18-16-21-11-5-2-6-12-21/h2,5-9,11-14H,1,3-4,10,15-19H2,(H,29,32). The molecular formula is C28H29N3O2S2. The molecule has 0 radical (unpaired) electrons. The summed E-state index contributed by atoms with van der Waals surface area (Å²) in [6, 6.07) is 18.1. The average Bonchev–Trinajstić information content (AvgIpc) is 3.27. The summed E-state index contributed by atoms with van der Waals surface area (Å²) >= 11 is 2.84. The molecule has 2 aromatic heterocycles. The zero-order chi connectivity index (χ0) is 24.0. The van der Waals surface area contributed by atoms with Crippen LogP contribution in [0.15, 0.2) is 76.2 Å². The van der Waals surface area contributed by atoms with Gasteiger partial charge >= 0.3 is 0 Å². The maximum Gasteiger partial charge on any atom is 0.272 e. The number of hydrogen-bond donors (Lipinski definition) is 1. The van der Waals surface area contributed by atoms with Gasteiger partial charge in [-0.3, -0.25) is 14.2 Å². The summed E-state index contributed by atoms with van der Waals surface area (Å²) in [7, 11) is 0. The largest absolute Gasteiger partial charge is 0.355 e. The lowest BCUT2D eigenvalue weighted by atomic mass is 9.97. The van der Waals surface area contributed by atoms with Crippen molar-refractivity contribution < 1.29 is 4.79 Å². The average molecular weight is 504 g/mol. The number of aryl methyl sites for hydroxylation is 1. The number of rotatable bonds is 9. The van der Waals surface area contributed by atoms with E-state index in [1.54, 1.807) is 4.57 Å². The van der Waals surface area contributed by atoms with Gasteiger partial charge in [0, 0.05) is 23.2 Å². The van der Waals surface area contributed by atoms with Gasteiger partial charge in [-0.1, -0.05) is 71.9 Å². The Balaban J connectivity index is 1.35. The van der Waals surface area contributed by atoms with Gasteiger partial charge in [-0.2, -0.15) is 0 Å². The highest BCUT2D eigenvalue weighted by molar-refractivity contribution is 7.99. The molecule has 5 nitrogen and oxygen atoms in total. The Hall–Kier alpha value is -2.90. The molecule has 1 aliphatic rings. The van der Waals surface area contributed by atoms with Gasteiger partial charge in [0.05, 0.1) is 11.3 Å². The van der Waals surface area contributed by atoms with Crippen molar-refractivity contribution in [1.29, 1.82) is 0 Å². The van der Waals surface area contributed by atoms with E-state index in [0.717, 1.165) is 41.3 Å². The fourth-order valence-electron chi connectivity index (χ4n) is 4.52. The lowest BCUT2D eigenvalue weighted by Gasteiger charge is -2.14. The SMILES string of the molecule is O=C(CSc1nc2c(sc3ccccc32)c(=O)n1CCc1ccccc1)NCCC1=CCCCC1. The van der Waals surface area contributed by atoms with Crippen LogP contribution in [-0.2, 0) is 17.8 Å². The summed E-state index contributed by atoms with van der Waals surface area (Å²) in [5.74, 6) is 0.218. The number of aromatic nitrogens is 2. The predicted molar refractivity (Wildman–Crippen MR) is 146 cm³/mol. The summed E-state index contributed by atoms with van der Waals surface area (Å²) < 4.78 is 3.47. The molecule has 2 aromatic carbocycles. The number of carbonyl (C=O) groups is 1. The smallest absolute Gasteiger partial charge is 0.272 e. The highest BCUT2D eigenvalue weighted by atomic mass is 32.2. The van der Waals surface area contributed by atoms with Gasteiger partial charge < -0.3 is 5.32 Å². The van der Waals surface area contributed by atoms with Crippen LogP contribution in [0.25, 0.3) is 20.3 Å². The lowest BCUT2D eigenvalue weighted by Crippen LogP contribution is -2.28. The Morgan fingerprint density at radius 1 is 1.06 bits per heavy atom. The van der Waals surface area contributed by atoms with Crippen molar-refractivity contribution in [3.63, 3.8) is 0 Å². The molecule has 1 aliphatic carbocycles. The minimum absolute atomic E-state index is 0.0226. The molecule has 2 heterocycles. The van der Waals surface area contributed by atoms with Crippen molar-refractivity contribution >= 4 is 49.3 Å². The molecule has 0 saturated carbocycles. The van der Waals surface area contributed by atoms with Gasteiger partial charge in [0.25, 0.3) is 5.56 Å². The molecule has 1 N–H and O–H groups in total.